The van der Waals surface area contributed by atoms with Crippen LogP contribution in [-0.2, 0) is 0 Å². The number of pyridine rings is 2. The van der Waals surface area contributed by atoms with E-state index in [-0.39, 0.29) is 0 Å². The predicted octanol–water partition coefficient (Wildman–Crippen LogP) is 3.12. The maximum Gasteiger partial charge on any atom is 0.247 e. The first-order chi connectivity index (χ1) is 11.3. The fourth-order valence-electron chi connectivity index (χ4n) is 2.43. The maximum atomic E-state index is 5.78. The first-order valence-corrected chi connectivity index (χ1v) is 7.19. The largest absolute Gasteiger partial charge is 0.384 e. The van der Waals surface area contributed by atoms with Crippen molar-refractivity contribution in [3.8, 4) is 11.3 Å². The lowest BCUT2D eigenvalue weighted by Crippen LogP contribution is -1.97. The fourth-order valence-corrected chi connectivity index (χ4v) is 2.43. The summed E-state index contributed by atoms with van der Waals surface area (Å²) in [5, 5.41) is 7.75. The first-order valence-electron chi connectivity index (χ1n) is 7.19. The molecular formula is C17H14N6. The monoisotopic (exact) mass is 302 g/mol. The molecule has 3 N–H and O–H groups in total. The maximum absolute atomic E-state index is 5.78. The average Bonchev–Trinajstić information content (AvgIpc) is 2.98. The molecule has 0 fully saturated rings. The zero-order valence-electron chi connectivity index (χ0n) is 12.2. The lowest BCUT2D eigenvalue weighted by Gasteiger charge is -2.04. The topological polar surface area (TPSA) is 81.1 Å². The van der Waals surface area contributed by atoms with Crippen molar-refractivity contribution in [1.82, 2.24) is 19.6 Å². The minimum Gasteiger partial charge on any atom is -0.384 e. The molecule has 6 nitrogen and oxygen atoms in total. The Morgan fingerprint density at radius 2 is 1.83 bits per heavy atom. The number of anilines is 3. The second-order valence-corrected chi connectivity index (χ2v) is 5.08. The summed E-state index contributed by atoms with van der Waals surface area (Å²) < 4.78 is 1.79. The van der Waals surface area contributed by atoms with Crippen molar-refractivity contribution < 1.29 is 0 Å². The average molecular weight is 302 g/mol. The Morgan fingerprint density at radius 3 is 2.65 bits per heavy atom. The summed E-state index contributed by atoms with van der Waals surface area (Å²) in [6.45, 7) is 0. The fraction of sp³-hybridized carbons (Fsp3) is 0. The Bertz CT molecular complexity index is 961. The molecule has 0 unspecified atom stereocenters. The van der Waals surface area contributed by atoms with Crippen LogP contribution >= 0.6 is 0 Å². The van der Waals surface area contributed by atoms with Crippen molar-refractivity contribution >= 4 is 23.1 Å². The zero-order chi connectivity index (χ0) is 15.6. The van der Waals surface area contributed by atoms with Crippen LogP contribution in [0.15, 0.2) is 66.9 Å². The summed E-state index contributed by atoms with van der Waals surface area (Å²) in [5.41, 5.74) is 9.33. The van der Waals surface area contributed by atoms with Gasteiger partial charge in [0.05, 0.1) is 5.69 Å². The van der Waals surface area contributed by atoms with Gasteiger partial charge in [-0.05, 0) is 36.4 Å². The van der Waals surface area contributed by atoms with Gasteiger partial charge in [0, 0.05) is 17.4 Å². The molecule has 23 heavy (non-hydrogen) atoms. The van der Waals surface area contributed by atoms with Crippen molar-refractivity contribution in [3.05, 3.63) is 66.9 Å². The van der Waals surface area contributed by atoms with Gasteiger partial charge >= 0.3 is 0 Å². The number of nitrogens with two attached hydrogens (primary N) is 1. The molecule has 6 heteroatoms. The van der Waals surface area contributed by atoms with E-state index in [0.29, 0.717) is 11.8 Å². The third-order valence-corrected chi connectivity index (χ3v) is 3.47. The van der Waals surface area contributed by atoms with Gasteiger partial charge in [0.1, 0.15) is 5.82 Å². The van der Waals surface area contributed by atoms with Crippen LogP contribution in [0, 0.1) is 0 Å². The molecule has 0 saturated carbocycles. The number of nitrogens with one attached hydrogen (secondary N) is 1. The normalized spacial score (nSPS) is 10.8. The summed E-state index contributed by atoms with van der Waals surface area (Å²) in [6, 6.07) is 19.4. The smallest absolute Gasteiger partial charge is 0.247 e. The minimum atomic E-state index is 0.474. The van der Waals surface area contributed by atoms with Crippen LogP contribution in [0.2, 0.25) is 0 Å². The van der Waals surface area contributed by atoms with Crippen molar-refractivity contribution in [3.63, 3.8) is 0 Å². The molecule has 112 valence electrons. The van der Waals surface area contributed by atoms with E-state index < -0.39 is 0 Å². The van der Waals surface area contributed by atoms with Gasteiger partial charge in [-0.2, -0.15) is 4.98 Å². The van der Waals surface area contributed by atoms with Gasteiger partial charge in [0.15, 0.2) is 5.65 Å². The highest BCUT2D eigenvalue weighted by Crippen LogP contribution is 2.22. The van der Waals surface area contributed by atoms with E-state index in [4.69, 9.17) is 5.73 Å². The second-order valence-electron chi connectivity index (χ2n) is 5.08. The summed E-state index contributed by atoms with van der Waals surface area (Å²) >= 11 is 0. The van der Waals surface area contributed by atoms with E-state index in [2.05, 4.69) is 20.4 Å². The standard InChI is InChI=1S/C17H14N6/c18-15-11-12(9-10-19-15)14-7-4-8-16-21-17(22-23(14)16)20-13-5-2-1-3-6-13/h1-11H,(H2,18,19)(H,20,22). The molecular weight excluding hydrogens is 288 g/mol. The molecule has 0 aliphatic carbocycles. The van der Waals surface area contributed by atoms with Crippen molar-refractivity contribution in [2.45, 2.75) is 0 Å². The van der Waals surface area contributed by atoms with E-state index in [1.54, 1.807) is 10.7 Å². The van der Waals surface area contributed by atoms with Crippen LogP contribution in [0.25, 0.3) is 16.9 Å². The van der Waals surface area contributed by atoms with Gasteiger partial charge < -0.3 is 11.1 Å². The van der Waals surface area contributed by atoms with Crippen molar-refractivity contribution in [2.24, 2.45) is 0 Å². The van der Waals surface area contributed by atoms with Crippen LogP contribution in [-0.4, -0.2) is 19.6 Å². The van der Waals surface area contributed by atoms with Crippen LogP contribution in [0.1, 0.15) is 0 Å². The SMILES string of the molecule is Nc1cc(-c2cccc3nc(Nc4ccccc4)nn23)ccn1. The quantitative estimate of drug-likeness (QED) is 0.607. The van der Waals surface area contributed by atoms with Crippen molar-refractivity contribution in [2.75, 3.05) is 11.1 Å². The highest BCUT2D eigenvalue weighted by molar-refractivity contribution is 5.66. The molecule has 0 atom stereocenters. The second kappa shape index (κ2) is 5.42. The Morgan fingerprint density at radius 1 is 0.957 bits per heavy atom. The molecule has 0 aliphatic heterocycles. The summed E-state index contributed by atoms with van der Waals surface area (Å²) in [5.74, 6) is 1.02. The molecule has 4 rings (SSSR count). The number of hydrogen-bond donors (Lipinski definition) is 2. The first kappa shape index (κ1) is 13.3. The molecule has 3 aromatic heterocycles. The highest BCUT2D eigenvalue weighted by Gasteiger charge is 2.09. The van der Waals surface area contributed by atoms with E-state index in [1.165, 1.54) is 0 Å². The number of rotatable bonds is 3. The van der Waals surface area contributed by atoms with Crippen LogP contribution < -0.4 is 11.1 Å². The van der Waals surface area contributed by atoms with Gasteiger partial charge in [-0.15, -0.1) is 5.10 Å². The van der Waals surface area contributed by atoms with E-state index in [0.717, 1.165) is 22.6 Å². The van der Waals surface area contributed by atoms with Gasteiger partial charge in [-0.1, -0.05) is 24.3 Å². The number of nitrogen functional groups attached to an aromatic ring is 1. The summed E-state index contributed by atoms with van der Waals surface area (Å²) in [7, 11) is 0. The lowest BCUT2D eigenvalue weighted by atomic mass is 10.2. The Labute approximate surface area is 132 Å². The van der Waals surface area contributed by atoms with Crippen LogP contribution in [0.4, 0.5) is 17.5 Å². The van der Waals surface area contributed by atoms with Crippen molar-refractivity contribution in [1.29, 1.82) is 0 Å². The third kappa shape index (κ3) is 2.57. The molecule has 0 saturated heterocycles. The molecule has 0 spiro atoms. The molecule has 4 aromatic rings. The lowest BCUT2D eigenvalue weighted by molar-refractivity contribution is 0.973. The molecule has 3 heterocycles. The van der Waals surface area contributed by atoms with Gasteiger partial charge in [0.2, 0.25) is 5.95 Å². The van der Waals surface area contributed by atoms with E-state index >= 15 is 0 Å². The Hall–Kier alpha value is -3.41. The molecule has 0 aliphatic rings. The third-order valence-electron chi connectivity index (χ3n) is 3.47. The molecule has 0 amide bonds. The number of aromatic nitrogens is 4. The number of fused-ring (bicyclic) bond motifs is 1. The van der Waals surface area contributed by atoms with Crippen LogP contribution in [0.5, 0.6) is 0 Å². The minimum absolute atomic E-state index is 0.474. The van der Waals surface area contributed by atoms with Gasteiger partial charge in [-0.25, -0.2) is 9.50 Å². The Kier molecular flexibility index (Phi) is 3.12. The summed E-state index contributed by atoms with van der Waals surface area (Å²) in [6.07, 6.45) is 1.68. The molecule has 1 aromatic carbocycles. The predicted molar refractivity (Wildman–Crippen MR) is 90.4 cm³/mol. The van der Waals surface area contributed by atoms with Gasteiger partial charge in [-0.3, -0.25) is 0 Å². The van der Waals surface area contributed by atoms with Crippen LogP contribution in [0.3, 0.4) is 0 Å². The number of para-hydroxylation sites is 1. The molecule has 0 bridgehead atoms. The Balaban J connectivity index is 1.79. The highest BCUT2D eigenvalue weighted by atomic mass is 15.4. The number of hydrogen-bond acceptors (Lipinski definition) is 5. The number of nitrogens with zero attached hydrogens (tertiary/aromatic N) is 4. The van der Waals surface area contributed by atoms with Gasteiger partial charge in [0.25, 0.3) is 0 Å². The number of benzene rings is 1. The summed E-state index contributed by atoms with van der Waals surface area (Å²) in [4.78, 5) is 8.54. The zero-order valence-corrected chi connectivity index (χ0v) is 12.2. The van der Waals surface area contributed by atoms with E-state index in [9.17, 15) is 0 Å². The van der Waals surface area contributed by atoms with E-state index in [1.807, 2.05) is 60.7 Å². The molecule has 0 radical (unpaired) electrons.